The number of rotatable bonds is 2. The van der Waals surface area contributed by atoms with Gasteiger partial charge in [-0.1, -0.05) is 0 Å². The molecule has 1 aliphatic heterocycles. The molecule has 1 fully saturated rings. The number of hydrogen-bond donors (Lipinski definition) is 1. The molecule has 1 saturated heterocycles. The molecule has 0 spiro atoms. The SMILES string of the molecule is CC(C)(C)S(=O)(=O)NC1CS(=O)(=O)CC1Cl. The van der Waals surface area contributed by atoms with Crippen LogP contribution in [0, 0.1) is 0 Å². The average molecular weight is 290 g/mol. The van der Waals surface area contributed by atoms with Gasteiger partial charge in [-0.05, 0) is 20.8 Å². The first-order valence-electron chi connectivity index (χ1n) is 4.81. The molecule has 2 unspecified atom stereocenters. The third-order valence-corrected chi connectivity index (χ3v) is 7.00. The van der Waals surface area contributed by atoms with Gasteiger partial charge < -0.3 is 0 Å². The Bertz CT molecular complexity index is 463. The van der Waals surface area contributed by atoms with Crippen LogP contribution < -0.4 is 4.72 Å². The van der Waals surface area contributed by atoms with Gasteiger partial charge in [0.25, 0.3) is 0 Å². The molecule has 0 saturated carbocycles. The highest BCUT2D eigenvalue weighted by molar-refractivity contribution is 7.92. The minimum Gasteiger partial charge on any atom is -0.229 e. The molecule has 0 aliphatic carbocycles. The van der Waals surface area contributed by atoms with E-state index in [4.69, 9.17) is 11.6 Å². The first-order valence-corrected chi connectivity index (χ1v) is 8.55. The highest BCUT2D eigenvalue weighted by Crippen LogP contribution is 2.21. The van der Waals surface area contributed by atoms with Gasteiger partial charge in [0.2, 0.25) is 10.0 Å². The summed E-state index contributed by atoms with van der Waals surface area (Å²) in [6.07, 6.45) is 0. The number of sulfonamides is 1. The fourth-order valence-electron chi connectivity index (χ4n) is 1.29. The summed E-state index contributed by atoms with van der Waals surface area (Å²) < 4.78 is 47.5. The van der Waals surface area contributed by atoms with Crippen LogP contribution in [0.4, 0.5) is 0 Å². The largest absolute Gasteiger partial charge is 0.229 e. The van der Waals surface area contributed by atoms with E-state index >= 15 is 0 Å². The number of hydrogen-bond acceptors (Lipinski definition) is 4. The molecule has 2 atom stereocenters. The molecule has 0 aromatic heterocycles. The molecule has 0 aromatic carbocycles. The minimum absolute atomic E-state index is 0.175. The zero-order chi connectivity index (χ0) is 12.8. The van der Waals surface area contributed by atoms with Crippen molar-refractivity contribution >= 4 is 31.5 Å². The number of nitrogens with one attached hydrogen (secondary N) is 1. The fourth-order valence-corrected chi connectivity index (χ4v) is 5.02. The summed E-state index contributed by atoms with van der Waals surface area (Å²) in [6, 6.07) is -0.726. The molecule has 0 aromatic rings. The Kier molecular flexibility index (Phi) is 3.66. The van der Waals surface area contributed by atoms with E-state index in [1.54, 1.807) is 20.8 Å². The van der Waals surface area contributed by atoms with E-state index < -0.39 is 36.0 Å². The quantitative estimate of drug-likeness (QED) is 0.732. The molecule has 1 aliphatic rings. The lowest BCUT2D eigenvalue weighted by Gasteiger charge is -2.23. The minimum atomic E-state index is -3.56. The summed E-state index contributed by atoms with van der Waals surface area (Å²) in [5.41, 5.74) is 0. The van der Waals surface area contributed by atoms with Crippen molar-refractivity contribution < 1.29 is 16.8 Å². The van der Waals surface area contributed by atoms with Crippen molar-refractivity contribution in [2.75, 3.05) is 11.5 Å². The van der Waals surface area contributed by atoms with Crippen molar-refractivity contribution in [1.29, 1.82) is 0 Å². The van der Waals surface area contributed by atoms with Gasteiger partial charge in [-0.3, -0.25) is 0 Å². The van der Waals surface area contributed by atoms with Gasteiger partial charge in [0.1, 0.15) is 0 Å². The maximum atomic E-state index is 11.8. The second-order valence-electron chi connectivity index (χ2n) is 4.93. The van der Waals surface area contributed by atoms with Crippen molar-refractivity contribution in [1.82, 2.24) is 4.72 Å². The smallest absolute Gasteiger partial charge is 0.216 e. The maximum Gasteiger partial charge on any atom is 0.216 e. The van der Waals surface area contributed by atoms with Gasteiger partial charge in [0.15, 0.2) is 9.84 Å². The zero-order valence-electron chi connectivity index (χ0n) is 9.40. The van der Waals surface area contributed by atoms with Gasteiger partial charge in [-0.2, -0.15) is 0 Å². The summed E-state index contributed by atoms with van der Waals surface area (Å²) in [4.78, 5) is 0. The average Bonchev–Trinajstić information content (AvgIpc) is 2.20. The molecule has 0 amide bonds. The molecule has 16 heavy (non-hydrogen) atoms. The van der Waals surface area contributed by atoms with E-state index in [-0.39, 0.29) is 11.5 Å². The predicted octanol–water partition coefficient (Wildman–Crippen LogP) is 0.109. The second kappa shape index (κ2) is 4.12. The van der Waals surface area contributed by atoms with Crippen molar-refractivity contribution in [2.45, 2.75) is 36.9 Å². The van der Waals surface area contributed by atoms with Crippen molar-refractivity contribution in [3.63, 3.8) is 0 Å². The van der Waals surface area contributed by atoms with E-state index in [0.717, 1.165) is 0 Å². The van der Waals surface area contributed by atoms with Crippen LogP contribution in [0.1, 0.15) is 20.8 Å². The summed E-state index contributed by atoms with van der Waals surface area (Å²) in [5, 5.41) is -0.692. The van der Waals surface area contributed by atoms with Crippen LogP contribution in [0.2, 0.25) is 0 Å². The standard InChI is InChI=1S/C8H16ClNO4S2/c1-8(2,3)16(13,14)10-7-5-15(11,12)4-6(7)9/h6-7,10H,4-5H2,1-3H3. The van der Waals surface area contributed by atoms with Gasteiger partial charge in [0, 0.05) is 0 Å². The van der Waals surface area contributed by atoms with E-state index in [1.165, 1.54) is 0 Å². The summed E-state index contributed by atoms with van der Waals surface area (Å²) in [5.74, 6) is -0.400. The van der Waals surface area contributed by atoms with Crippen LogP contribution in [0.25, 0.3) is 0 Å². The summed E-state index contributed by atoms with van der Waals surface area (Å²) in [6.45, 7) is 4.63. The Hall–Kier alpha value is 0.150. The predicted molar refractivity (Wildman–Crippen MR) is 63.9 cm³/mol. The molecular formula is C8H16ClNO4S2. The number of halogens is 1. The highest BCUT2D eigenvalue weighted by Gasteiger charge is 2.41. The fraction of sp³-hybridized carbons (Fsp3) is 1.00. The molecular weight excluding hydrogens is 274 g/mol. The molecule has 8 heteroatoms. The monoisotopic (exact) mass is 289 g/mol. The van der Waals surface area contributed by atoms with Gasteiger partial charge in [-0.25, -0.2) is 21.6 Å². The lowest BCUT2D eigenvalue weighted by atomic mass is 10.3. The molecule has 0 radical (unpaired) electrons. The Morgan fingerprint density at radius 2 is 1.75 bits per heavy atom. The first kappa shape index (κ1) is 14.2. The van der Waals surface area contributed by atoms with Gasteiger partial charge in [0.05, 0.1) is 27.7 Å². The van der Waals surface area contributed by atoms with E-state index in [9.17, 15) is 16.8 Å². The Morgan fingerprint density at radius 1 is 1.25 bits per heavy atom. The van der Waals surface area contributed by atoms with Crippen LogP contribution in [0.3, 0.4) is 0 Å². The molecule has 0 bridgehead atoms. The molecule has 1 heterocycles. The van der Waals surface area contributed by atoms with Crippen molar-refractivity contribution in [3.05, 3.63) is 0 Å². The van der Waals surface area contributed by atoms with Crippen LogP contribution in [-0.4, -0.2) is 44.5 Å². The first-order chi connectivity index (χ1) is 6.95. The van der Waals surface area contributed by atoms with Crippen molar-refractivity contribution in [2.24, 2.45) is 0 Å². The highest BCUT2D eigenvalue weighted by atomic mass is 35.5. The van der Waals surface area contributed by atoms with E-state index in [0.29, 0.717) is 0 Å². The Morgan fingerprint density at radius 3 is 2.06 bits per heavy atom. The van der Waals surface area contributed by atoms with Crippen LogP contribution in [-0.2, 0) is 19.9 Å². The van der Waals surface area contributed by atoms with Crippen LogP contribution in [0.15, 0.2) is 0 Å². The van der Waals surface area contributed by atoms with Gasteiger partial charge >= 0.3 is 0 Å². The molecule has 1 rings (SSSR count). The maximum absolute atomic E-state index is 11.8. The third-order valence-electron chi connectivity index (χ3n) is 2.40. The van der Waals surface area contributed by atoms with Crippen LogP contribution >= 0.6 is 11.6 Å². The number of alkyl halides is 1. The summed E-state index contributed by atoms with van der Waals surface area (Å²) >= 11 is 5.81. The van der Waals surface area contributed by atoms with Gasteiger partial charge in [-0.15, -0.1) is 11.6 Å². The van der Waals surface area contributed by atoms with Crippen LogP contribution in [0.5, 0.6) is 0 Å². The molecule has 96 valence electrons. The topological polar surface area (TPSA) is 80.3 Å². The molecule has 1 N–H and O–H groups in total. The van der Waals surface area contributed by atoms with E-state index in [1.807, 2.05) is 0 Å². The van der Waals surface area contributed by atoms with E-state index in [2.05, 4.69) is 4.72 Å². The lowest BCUT2D eigenvalue weighted by molar-refractivity contribution is 0.530. The summed E-state index contributed by atoms with van der Waals surface area (Å²) in [7, 11) is -6.78. The Balaban J connectivity index is 2.86. The number of sulfone groups is 1. The Labute approximate surface area is 102 Å². The zero-order valence-corrected chi connectivity index (χ0v) is 11.8. The third kappa shape index (κ3) is 3.09. The lowest BCUT2D eigenvalue weighted by Crippen LogP contribution is -2.47. The van der Waals surface area contributed by atoms with Crippen molar-refractivity contribution in [3.8, 4) is 0 Å². The second-order valence-corrected chi connectivity index (χ2v) is 10.1. The normalized spacial score (nSPS) is 30.5. The molecule has 5 nitrogen and oxygen atoms in total.